The molecule has 178 valence electrons. The summed E-state index contributed by atoms with van der Waals surface area (Å²) in [5.74, 6) is 0.333. The van der Waals surface area contributed by atoms with Crippen LogP contribution in [0.5, 0.6) is 5.75 Å². The first kappa shape index (κ1) is 26.4. The van der Waals surface area contributed by atoms with Crippen molar-refractivity contribution in [2.24, 2.45) is 0 Å². The van der Waals surface area contributed by atoms with E-state index in [-0.39, 0.29) is 5.82 Å². The fourth-order valence-corrected chi connectivity index (χ4v) is 4.06. The van der Waals surface area contributed by atoms with Gasteiger partial charge in [-0.1, -0.05) is 97.0 Å². The van der Waals surface area contributed by atoms with Gasteiger partial charge in [-0.25, -0.2) is 4.39 Å². The molecule has 32 heavy (non-hydrogen) atoms. The van der Waals surface area contributed by atoms with E-state index in [4.69, 9.17) is 4.74 Å². The van der Waals surface area contributed by atoms with Crippen LogP contribution in [0.2, 0.25) is 0 Å². The minimum atomic E-state index is -0.270. The molecule has 1 heterocycles. The van der Waals surface area contributed by atoms with Gasteiger partial charge in [0.1, 0.15) is 11.6 Å². The van der Waals surface area contributed by atoms with E-state index in [0.29, 0.717) is 23.6 Å². The second-order valence-electron chi connectivity index (χ2n) is 9.03. The summed E-state index contributed by atoms with van der Waals surface area (Å²) >= 11 is 0. The SMILES string of the molecule is CCCCCCCCCCc1ccc(-c2ccc(OCCCCCCCC)cc2F)nc1. The van der Waals surface area contributed by atoms with Crippen LogP contribution in [0.25, 0.3) is 11.3 Å². The minimum absolute atomic E-state index is 0.270. The zero-order valence-corrected chi connectivity index (χ0v) is 20.5. The molecule has 0 saturated heterocycles. The van der Waals surface area contributed by atoms with Gasteiger partial charge >= 0.3 is 0 Å². The molecule has 0 fully saturated rings. The van der Waals surface area contributed by atoms with Crippen LogP contribution >= 0.6 is 0 Å². The van der Waals surface area contributed by atoms with Crippen molar-refractivity contribution < 1.29 is 9.13 Å². The lowest BCUT2D eigenvalue weighted by Crippen LogP contribution is -1.98. The molecule has 0 N–H and O–H groups in total. The van der Waals surface area contributed by atoms with Crippen LogP contribution in [-0.4, -0.2) is 11.6 Å². The summed E-state index contributed by atoms with van der Waals surface area (Å²) in [6, 6.07) is 9.15. The van der Waals surface area contributed by atoms with E-state index < -0.39 is 0 Å². The Bertz CT molecular complexity index is 728. The summed E-state index contributed by atoms with van der Waals surface area (Å²) in [7, 11) is 0. The third-order valence-corrected chi connectivity index (χ3v) is 6.13. The fraction of sp³-hybridized carbons (Fsp3) is 0.621. The van der Waals surface area contributed by atoms with Crippen molar-refractivity contribution in [2.45, 2.75) is 110 Å². The first-order chi connectivity index (χ1) is 15.7. The van der Waals surface area contributed by atoms with Crippen molar-refractivity contribution in [3.63, 3.8) is 0 Å². The van der Waals surface area contributed by atoms with E-state index in [0.717, 1.165) is 12.8 Å². The summed E-state index contributed by atoms with van der Waals surface area (Å²) in [5.41, 5.74) is 2.46. The summed E-state index contributed by atoms with van der Waals surface area (Å²) in [6.45, 7) is 5.13. The lowest BCUT2D eigenvalue weighted by molar-refractivity contribution is 0.303. The number of pyridine rings is 1. The third-order valence-electron chi connectivity index (χ3n) is 6.13. The first-order valence-corrected chi connectivity index (χ1v) is 13.1. The Morgan fingerprint density at radius 1 is 0.719 bits per heavy atom. The van der Waals surface area contributed by atoms with Crippen molar-refractivity contribution in [1.82, 2.24) is 4.98 Å². The van der Waals surface area contributed by atoms with Crippen LogP contribution in [0.3, 0.4) is 0 Å². The van der Waals surface area contributed by atoms with Gasteiger partial charge in [0.05, 0.1) is 12.3 Å². The molecular formula is C29H44FNO. The molecule has 1 aromatic carbocycles. The molecular weight excluding hydrogens is 397 g/mol. The summed E-state index contributed by atoms with van der Waals surface area (Å²) in [6.07, 6.45) is 20.9. The zero-order chi connectivity index (χ0) is 22.9. The molecule has 0 aliphatic rings. The van der Waals surface area contributed by atoms with E-state index >= 15 is 0 Å². The quantitative estimate of drug-likeness (QED) is 0.215. The average Bonchev–Trinajstić information content (AvgIpc) is 2.81. The van der Waals surface area contributed by atoms with E-state index in [1.54, 1.807) is 6.07 Å². The van der Waals surface area contributed by atoms with Gasteiger partial charge in [-0.15, -0.1) is 0 Å². The Hall–Kier alpha value is -1.90. The molecule has 2 aromatic rings. The maximum atomic E-state index is 14.6. The Kier molecular flexibility index (Phi) is 13.7. The van der Waals surface area contributed by atoms with E-state index in [2.05, 4.69) is 24.9 Å². The number of halogens is 1. The molecule has 3 heteroatoms. The van der Waals surface area contributed by atoms with Gasteiger partial charge in [-0.3, -0.25) is 4.98 Å². The predicted molar refractivity (Wildman–Crippen MR) is 135 cm³/mol. The summed E-state index contributed by atoms with van der Waals surface area (Å²) in [5, 5.41) is 0. The molecule has 2 nitrogen and oxygen atoms in total. The number of hydrogen-bond acceptors (Lipinski definition) is 2. The number of hydrogen-bond donors (Lipinski definition) is 0. The Labute approximate surface area is 196 Å². The Morgan fingerprint density at radius 3 is 1.94 bits per heavy atom. The molecule has 0 unspecified atom stereocenters. The monoisotopic (exact) mass is 441 g/mol. The molecule has 0 aliphatic carbocycles. The largest absolute Gasteiger partial charge is 0.493 e. The van der Waals surface area contributed by atoms with Crippen LogP contribution in [0, 0.1) is 5.82 Å². The smallest absolute Gasteiger partial charge is 0.136 e. The lowest BCUT2D eigenvalue weighted by atomic mass is 10.0. The Morgan fingerprint density at radius 2 is 1.34 bits per heavy atom. The third kappa shape index (κ3) is 10.6. The zero-order valence-electron chi connectivity index (χ0n) is 20.5. The van der Waals surface area contributed by atoms with Gasteiger partial charge in [-0.05, 0) is 43.0 Å². The molecule has 0 aliphatic heterocycles. The molecule has 0 atom stereocenters. The van der Waals surface area contributed by atoms with Gasteiger partial charge in [-0.2, -0.15) is 0 Å². The lowest BCUT2D eigenvalue weighted by Gasteiger charge is -2.09. The number of unbranched alkanes of at least 4 members (excludes halogenated alkanes) is 12. The number of ether oxygens (including phenoxy) is 1. The fourth-order valence-electron chi connectivity index (χ4n) is 4.06. The molecule has 0 amide bonds. The van der Waals surface area contributed by atoms with Crippen LogP contribution in [0.4, 0.5) is 4.39 Å². The minimum Gasteiger partial charge on any atom is -0.493 e. The van der Waals surface area contributed by atoms with Crippen molar-refractivity contribution in [1.29, 1.82) is 0 Å². The van der Waals surface area contributed by atoms with Crippen LogP contribution < -0.4 is 4.74 Å². The van der Waals surface area contributed by atoms with E-state index in [1.807, 2.05) is 18.3 Å². The predicted octanol–water partition coefficient (Wildman–Crippen LogP) is 9.31. The number of rotatable bonds is 18. The highest BCUT2D eigenvalue weighted by molar-refractivity contribution is 5.61. The van der Waals surface area contributed by atoms with Crippen LogP contribution in [0.15, 0.2) is 36.5 Å². The highest BCUT2D eigenvalue weighted by atomic mass is 19.1. The van der Waals surface area contributed by atoms with Crippen LogP contribution in [0.1, 0.15) is 109 Å². The number of nitrogens with zero attached hydrogens (tertiary/aromatic N) is 1. The second kappa shape index (κ2) is 16.7. The van der Waals surface area contributed by atoms with E-state index in [1.165, 1.54) is 95.1 Å². The number of benzene rings is 1. The second-order valence-corrected chi connectivity index (χ2v) is 9.03. The highest BCUT2D eigenvalue weighted by Crippen LogP contribution is 2.25. The number of aromatic nitrogens is 1. The summed E-state index contributed by atoms with van der Waals surface area (Å²) in [4.78, 5) is 4.52. The number of aryl methyl sites for hydroxylation is 1. The average molecular weight is 442 g/mol. The van der Waals surface area contributed by atoms with Crippen molar-refractivity contribution in [3.05, 3.63) is 47.9 Å². The van der Waals surface area contributed by atoms with Crippen molar-refractivity contribution in [3.8, 4) is 17.0 Å². The maximum absolute atomic E-state index is 14.6. The standard InChI is InChI=1S/C29H44FNO/c1-3-5-7-9-11-12-13-15-17-25-18-21-29(31-24-25)27-20-19-26(23-28(27)30)32-22-16-14-10-8-6-4-2/h18-21,23-24H,3-17,22H2,1-2H3. The Balaban J connectivity index is 1.70. The molecule has 0 spiro atoms. The van der Waals surface area contributed by atoms with Gasteiger partial charge < -0.3 is 4.74 Å². The molecule has 0 saturated carbocycles. The van der Waals surface area contributed by atoms with Crippen molar-refractivity contribution >= 4 is 0 Å². The molecule has 0 radical (unpaired) electrons. The maximum Gasteiger partial charge on any atom is 0.136 e. The van der Waals surface area contributed by atoms with Crippen LogP contribution in [-0.2, 0) is 6.42 Å². The molecule has 0 bridgehead atoms. The molecule has 2 rings (SSSR count). The van der Waals surface area contributed by atoms with Gasteiger partial charge in [0.25, 0.3) is 0 Å². The highest BCUT2D eigenvalue weighted by Gasteiger charge is 2.08. The normalized spacial score (nSPS) is 11.1. The topological polar surface area (TPSA) is 22.1 Å². The van der Waals surface area contributed by atoms with Crippen molar-refractivity contribution in [2.75, 3.05) is 6.61 Å². The van der Waals surface area contributed by atoms with Gasteiger partial charge in [0.2, 0.25) is 0 Å². The van der Waals surface area contributed by atoms with Gasteiger partial charge in [0, 0.05) is 17.8 Å². The molecule has 1 aromatic heterocycles. The first-order valence-electron chi connectivity index (χ1n) is 13.1. The van der Waals surface area contributed by atoms with Gasteiger partial charge in [0.15, 0.2) is 0 Å². The summed E-state index contributed by atoms with van der Waals surface area (Å²) < 4.78 is 20.4. The van der Waals surface area contributed by atoms with E-state index in [9.17, 15) is 4.39 Å².